The largest absolute Gasteiger partial charge is 0.355 e. The molecular weight excluding hydrogens is 230 g/mol. The van der Waals surface area contributed by atoms with Gasteiger partial charge in [0, 0.05) is 16.9 Å². The van der Waals surface area contributed by atoms with E-state index in [0.29, 0.717) is 0 Å². The van der Waals surface area contributed by atoms with Crippen LogP contribution in [0.5, 0.6) is 0 Å². The first-order chi connectivity index (χ1) is 9.42. The Morgan fingerprint density at radius 3 is 2.47 bits per heavy atom. The van der Waals surface area contributed by atoms with Crippen molar-refractivity contribution in [2.24, 2.45) is 0 Å². The smallest absolute Gasteiger partial charge is 0.0464 e. The van der Waals surface area contributed by atoms with Gasteiger partial charge in [-0.15, -0.1) is 0 Å². The molecule has 3 aromatic carbocycles. The van der Waals surface area contributed by atoms with Gasteiger partial charge in [0.1, 0.15) is 0 Å². The van der Waals surface area contributed by atoms with Crippen molar-refractivity contribution < 1.29 is 0 Å². The average Bonchev–Trinajstić information content (AvgIpc) is 2.66. The van der Waals surface area contributed by atoms with Gasteiger partial charge in [0.25, 0.3) is 0 Å². The second-order valence-electron chi connectivity index (χ2n) is 4.79. The SMILES string of the molecule is C1=Cc2c(ccc3ccccc23)Nc2ccccc21. The van der Waals surface area contributed by atoms with Crippen molar-refractivity contribution in [3.63, 3.8) is 0 Å². The van der Waals surface area contributed by atoms with Crippen LogP contribution in [-0.4, -0.2) is 0 Å². The maximum absolute atomic E-state index is 3.53. The lowest BCUT2D eigenvalue weighted by atomic mass is 10.0. The number of hydrogen-bond acceptors (Lipinski definition) is 1. The van der Waals surface area contributed by atoms with Gasteiger partial charge in [0.15, 0.2) is 0 Å². The van der Waals surface area contributed by atoms with Gasteiger partial charge in [-0.3, -0.25) is 0 Å². The van der Waals surface area contributed by atoms with E-state index in [1.54, 1.807) is 0 Å². The van der Waals surface area contributed by atoms with E-state index in [2.05, 4.69) is 78.1 Å². The first-order valence-electron chi connectivity index (χ1n) is 6.48. The Hall–Kier alpha value is -2.54. The Bertz CT molecular complexity index is 800. The van der Waals surface area contributed by atoms with E-state index in [9.17, 15) is 0 Å². The number of benzene rings is 3. The standard InChI is InChI=1S/C18H13N/c1-3-7-15-13(5-1)10-12-18-16(15)11-9-14-6-2-4-8-17(14)19-18/h1-12,19H. The first-order valence-corrected chi connectivity index (χ1v) is 6.48. The molecule has 0 fully saturated rings. The Morgan fingerprint density at radius 1 is 0.632 bits per heavy atom. The van der Waals surface area contributed by atoms with Crippen molar-refractivity contribution >= 4 is 34.3 Å². The third kappa shape index (κ3) is 1.63. The van der Waals surface area contributed by atoms with Crippen LogP contribution in [-0.2, 0) is 0 Å². The van der Waals surface area contributed by atoms with Crippen molar-refractivity contribution in [1.82, 2.24) is 0 Å². The number of para-hydroxylation sites is 1. The Kier molecular flexibility index (Phi) is 2.18. The van der Waals surface area contributed by atoms with Gasteiger partial charge in [-0.2, -0.15) is 0 Å². The Morgan fingerprint density at radius 2 is 1.47 bits per heavy atom. The molecule has 0 spiro atoms. The van der Waals surface area contributed by atoms with Gasteiger partial charge in [-0.1, -0.05) is 60.7 Å². The van der Waals surface area contributed by atoms with E-state index in [4.69, 9.17) is 0 Å². The quantitative estimate of drug-likeness (QED) is 0.455. The van der Waals surface area contributed by atoms with E-state index in [1.807, 2.05) is 0 Å². The molecule has 0 amide bonds. The maximum Gasteiger partial charge on any atom is 0.0464 e. The van der Waals surface area contributed by atoms with Crippen LogP contribution < -0.4 is 5.32 Å². The molecule has 1 heteroatoms. The average molecular weight is 243 g/mol. The van der Waals surface area contributed by atoms with Gasteiger partial charge >= 0.3 is 0 Å². The molecule has 0 radical (unpaired) electrons. The fourth-order valence-corrected chi connectivity index (χ4v) is 2.66. The van der Waals surface area contributed by atoms with Crippen molar-refractivity contribution in [2.75, 3.05) is 5.32 Å². The van der Waals surface area contributed by atoms with Crippen molar-refractivity contribution in [2.45, 2.75) is 0 Å². The molecule has 1 aliphatic rings. The number of nitrogens with one attached hydrogen (secondary N) is 1. The van der Waals surface area contributed by atoms with Crippen LogP contribution >= 0.6 is 0 Å². The summed E-state index contributed by atoms with van der Waals surface area (Å²) in [7, 11) is 0. The summed E-state index contributed by atoms with van der Waals surface area (Å²) in [6.45, 7) is 0. The second-order valence-corrected chi connectivity index (χ2v) is 4.79. The van der Waals surface area contributed by atoms with Gasteiger partial charge in [-0.25, -0.2) is 0 Å². The molecule has 19 heavy (non-hydrogen) atoms. The van der Waals surface area contributed by atoms with Gasteiger partial charge in [0.05, 0.1) is 0 Å². The molecule has 0 aromatic heterocycles. The molecule has 1 heterocycles. The van der Waals surface area contributed by atoms with Gasteiger partial charge in [0.2, 0.25) is 0 Å². The first kappa shape index (κ1) is 10.4. The molecule has 1 aliphatic heterocycles. The Balaban J connectivity index is 2.01. The van der Waals surface area contributed by atoms with Crippen LogP contribution in [0.4, 0.5) is 11.4 Å². The summed E-state index contributed by atoms with van der Waals surface area (Å²) in [6, 6.07) is 21.2. The minimum Gasteiger partial charge on any atom is -0.355 e. The summed E-state index contributed by atoms with van der Waals surface area (Å²) in [4.78, 5) is 0. The fraction of sp³-hybridized carbons (Fsp3) is 0. The normalized spacial score (nSPS) is 12.4. The number of fused-ring (bicyclic) bond motifs is 4. The van der Waals surface area contributed by atoms with E-state index in [-0.39, 0.29) is 0 Å². The molecule has 0 saturated heterocycles. The monoisotopic (exact) mass is 243 g/mol. The zero-order valence-corrected chi connectivity index (χ0v) is 10.4. The molecule has 1 N–H and O–H groups in total. The van der Waals surface area contributed by atoms with Gasteiger partial charge < -0.3 is 5.32 Å². The summed E-state index contributed by atoms with van der Waals surface area (Å²) in [5.41, 5.74) is 4.81. The molecule has 0 atom stereocenters. The molecule has 0 bridgehead atoms. The van der Waals surface area contributed by atoms with Crippen LogP contribution in [0.2, 0.25) is 0 Å². The van der Waals surface area contributed by atoms with E-state index in [0.717, 1.165) is 5.69 Å². The molecule has 90 valence electrons. The topological polar surface area (TPSA) is 12.0 Å². The number of hydrogen-bond donors (Lipinski definition) is 1. The predicted octanol–water partition coefficient (Wildman–Crippen LogP) is 5.07. The fourth-order valence-electron chi connectivity index (χ4n) is 2.66. The van der Waals surface area contributed by atoms with Crippen molar-refractivity contribution in [3.8, 4) is 0 Å². The highest BCUT2D eigenvalue weighted by molar-refractivity contribution is 6.01. The third-order valence-electron chi connectivity index (χ3n) is 3.63. The molecule has 0 saturated carbocycles. The lowest BCUT2D eigenvalue weighted by molar-refractivity contribution is 1.55. The van der Waals surface area contributed by atoms with E-state index < -0.39 is 0 Å². The Labute approximate surface area is 112 Å². The van der Waals surface area contributed by atoms with E-state index in [1.165, 1.54) is 27.6 Å². The summed E-state index contributed by atoms with van der Waals surface area (Å²) >= 11 is 0. The summed E-state index contributed by atoms with van der Waals surface area (Å²) in [5, 5.41) is 6.10. The van der Waals surface area contributed by atoms with Crippen LogP contribution in [0.3, 0.4) is 0 Å². The van der Waals surface area contributed by atoms with Crippen LogP contribution in [0.1, 0.15) is 11.1 Å². The third-order valence-corrected chi connectivity index (χ3v) is 3.63. The van der Waals surface area contributed by atoms with Crippen molar-refractivity contribution in [1.29, 1.82) is 0 Å². The lowest BCUT2D eigenvalue weighted by Gasteiger charge is -2.11. The predicted molar refractivity (Wildman–Crippen MR) is 82.6 cm³/mol. The van der Waals surface area contributed by atoms with E-state index >= 15 is 0 Å². The maximum atomic E-state index is 3.53. The second kappa shape index (κ2) is 3.99. The highest BCUT2D eigenvalue weighted by atomic mass is 14.9. The molecule has 0 aliphatic carbocycles. The zero-order chi connectivity index (χ0) is 12.7. The lowest BCUT2D eigenvalue weighted by Crippen LogP contribution is -1.93. The molecule has 1 nitrogen and oxygen atoms in total. The number of anilines is 2. The summed E-state index contributed by atoms with van der Waals surface area (Å²) < 4.78 is 0. The van der Waals surface area contributed by atoms with Gasteiger partial charge in [-0.05, 0) is 28.5 Å². The zero-order valence-electron chi connectivity index (χ0n) is 10.4. The highest BCUT2D eigenvalue weighted by Gasteiger charge is 2.10. The molecule has 3 aromatic rings. The van der Waals surface area contributed by atoms with Crippen LogP contribution in [0, 0.1) is 0 Å². The van der Waals surface area contributed by atoms with Crippen LogP contribution in [0.15, 0.2) is 60.7 Å². The molecule has 4 rings (SSSR count). The minimum absolute atomic E-state index is 1.16. The summed E-state index contributed by atoms with van der Waals surface area (Å²) in [5.74, 6) is 0. The minimum atomic E-state index is 1.16. The molecular formula is C18H13N. The number of rotatable bonds is 0. The highest BCUT2D eigenvalue weighted by Crippen LogP contribution is 2.34. The van der Waals surface area contributed by atoms with Crippen LogP contribution in [0.25, 0.3) is 22.9 Å². The summed E-state index contributed by atoms with van der Waals surface area (Å²) in [6.07, 6.45) is 4.39. The van der Waals surface area contributed by atoms with Crippen molar-refractivity contribution in [3.05, 3.63) is 71.8 Å². The molecule has 0 unspecified atom stereocenters.